The van der Waals surface area contributed by atoms with Gasteiger partial charge in [0.2, 0.25) is 5.91 Å². The standard InChI is InChI=1S/C17H21N5O2/c1-3-16(23)21-10-8-14(9-11-21)24-15-7-5-6-13(12-15)17-18-19-20-22(17)4-2/h3,5-7,12,14H,1,4,8-11H2,2H3. The average Bonchev–Trinajstić information content (AvgIpc) is 3.11. The SMILES string of the molecule is C=CC(=O)N1CCC(Oc2cccc(-c3nnnn3CC)c2)CC1. The average molecular weight is 327 g/mol. The van der Waals surface area contributed by atoms with Crippen LogP contribution in [-0.4, -0.2) is 50.2 Å². The molecule has 1 aromatic heterocycles. The second-order valence-electron chi connectivity index (χ2n) is 5.69. The molecule has 1 aliphatic rings. The van der Waals surface area contributed by atoms with E-state index in [0.29, 0.717) is 19.6 Å². The second-order valence-corrected chi connectivity index (χ2v) is 5.69. The summed E-state index contributed by atoms with van der Waals surface area (Å²) >= 11 is 0. The Morgan fingerprint density at radius 2 is 2.21 bits per heavy atom. The van der Waals surface area contributed by atoms with Crippen LogP contribution < -0.4 is 4.74 Å². The maximum absolute atomic E-state index is 11.6. The topological polar surface area (TPSA) is 73.1 Å². The van der Waals surface area contributed by atoms with Crippen LogP contribution in [-0.2, 0) is 11.3 Å². The number of likely N-dealkylation sites (tertiary alicyclic amines) is 1. The predicted octanol–water partition coefficient (Wildman–Crippen LogP) is 1.92. The Bertz CT molecular complexity index is 719. The fourth-order valence-corrected chi connectivity index (χ4v) is 2.85. The van der Waals surface area contributed by atoms with Crippen LogP contribution in [0, 0.1) is 0 Å². The Hall–Kier alpha value is -2.70. The van der Waals surface area contributed by atoms with Gasteiger partial charge in [0.25, 0.3) is 0 Å². The minimum absolute atomic E-state index is 0.0122. The van der Waals surface area contributed by atoms with Gasteiger partial charge >= 0.3 is 0 Å². The maximum Gasteiger partial charge on any atom is 0.245 e. The Balaban J connectivity index is 1.66. The van der Waals surface area contributed by atoms with Crippen LogP contribution in [0.4, 0.5) is 0 Å². The third-order valence-electron chi connectivity index (χ3n) is 4.15. The minimum Gasteiger partial charge on any atom is -0.490 e. The number of carbonyl (C=O) groups is 1. The second kappa shape index (κ2) is 7.25. The van der Waals surface area contributed by atoms with Crippen molar-refractivity contribution in [1.82, 2.24) is 25.1 Å². The van der Waals surface area contributed by atoms with Gasteiger partial charge in [-0.05, 0) is 35.6 Å². The van der Waals surface area contributed by atoms with Crippen molar-refractivity contribution in [2.45, 2.75) is 32.4 Å². The Morgan fingerprint density at radius 1 is 1.42 bits per heavy atom. The van der Waals surface area contributed by atoms with Crippen molar-refractivity contribution in [3.63, 3.8) is 0 Å². The van der Waals surface area contributed by atoms with Crippen LogP contribution in [0.2, 0.25) is 0 Å². The molecule has 0 radical (unpaired) electrons. The van der Waals surface area contributed by atoms with E-state index >= 15 is 0 Å². The lowest BCUT2D eigenvalue weighted by Crippen LogP contribution is -2.41. The largest absolute Gasteiger partial charge is 0.490 e. The zero-order chi connectivity index (χ0) is 16.9. The van der Waals surface area contributed by atoms with Gasteiger partial charge in [-0.15, -0.1) is 5.10 Å². The number of aromatic nitrogens is 4. The first-order chi connectivity index (χ1) is 11.7. The summed E-state index contributed by atoms with van der Waals surface area (Å²) in [5.41, 5.74) is 0.929. The summed E-state index contributed by atoms with van der Waals surface area (Å²) in [7, 11) is 0. The zero-order valence-electron chi connectivity index (χ0n) is 13.8. The van der Waals surface area contributed by atoms with Gasteiger partial charge in [0, 0.05) is 38.0 Å². The van der Waals surface area contributed by atoms with Crippen molar-refractivity contribution in [2.75, 3.05) is 13.1 Å². The fourth-order valence-electron chi connectivity index (χ4n) is 2.85. The fraction of sp³-hybridized carbons (Fsp3) is 0.412. The summed E-state index contributed by atoms with van der Waals surface area (Å²) in [6, 6.07) is 7.80. The molecule has 2 aromatic rings. The van der Waals surface area contributed by atoms with E-state index in [2.05, 4.69) is 22.1 Å². The monoisotopic (exact) mass is 327 g/mol. The number of rotatable bonds is 5. The molecule has 1 aliphatic heterocycles. The molecule has 3 rings (SSSR count). The van der Waals surface area contributed by atoms with Crippen molar-refractivity contribution in [1.29, 1.82) is 0 Å². The Morgan fingerprint density at radius 3 is 2.92 bits per heavy atom. The molecule has 2 heterocycles. The third kappa shape index (κ3) is 3.45. The molecule has 0 aliphatic carbocycles. The van der Waals surface area contributed by atoms with Gasteiger partial charge in [-0.3, -0.25) is 4.79 Å². The molecular weight excluding hydrogens is 306 g/mol. The zero-order valence-corrected chi connectivity index (χ0v) is 13.8. The van der Waals surface area contributed by atoms with Crippen LogP contribution in [0.3, 0.4) is 0 Å². The van der Waals surface area contributed by atoms with E-state index in [4.69, 9.17) is 4.74 Å². The molecule has 0 saturated carbocycles. The summed E-state index contributed by atoms with van der Waals surface area (Å²) in [5, 5.41) is 11.8. The number of hydrogen-bond donors (Lipinski definition) is 0. The van der Waals surface area contributed by atoms with Gasteiger partial charge in [0.05, 0.1) is 0 Å². The van der Waals surface area contributed by atoms with E-state index in [9.17, 15) is 4.79 Å². The highest BCUT2D eigenvalue weighted by Crippen LogP contribution is 2.24. The number of nitrogens with zero attached hydrogens (tertiary/aromatic N) is 5. The van der Waals surface area contributed by atoms with Gasteiger partial charge in [0.15, 0.2) is 5.82 Å². The number of aryl methyl sites for hydroxylation is 1. The molecule has 1 aromatic carbocycles. The number of hydrogen-bond acceptors (Lipinski definition) is 5. The quantitative estimate of drug-likeness (QED) is 0.785. The summed E-state index contributed by atoms with van der Waals surface area (Å²) in [6.45, 7) is 7.64. The number of tetrazole rings is 1. The highest BCUT2D eigenvalue weighted by Gasteiger charge is 2.22. The van der Waals surface area contributed by atoms with Crippen molar-refractivity contribution >= 4 is 5.91 Å². The molecule has 0 N–H and O–H groups in total. The van der Waals surface area contributed by atoms with Crippen molar-refractivity contribution in [3.8, 4) is 17.1 Å². The number of carbonyl (C=O) groups excluding carboxylic acids is 1. The van der Waals surface area contributed by atoms with E-state index in [-0.39, 0.29) is 12.0 Å². The van der Waals surface area contributed by atoms with Crippen LogP contribution in [0.5, 0.6) is 5.75 Å². The smallest absolute Gasteiger partial charge is 0.245 e. The van der Waals surface area contributed by atoms with Crippen molar-refractivity contribution in [2.24, 2.45) is 0 Å². The molecule has 0 unspecified atom stereocenters. The maximum atomic E-state index is 11.6. The number of amides is 1. The highest BCUT2D eigenvalue weighted by molar-refractivity contribution is 5.87. The predicted molar refractivity (Wildman–Crippen MR) is 89.4 cm³/mol. The lowest BCUT2D eigenvalue weighted by molar-refractivity contribution is -0.127. The summed E-state index contributed by atoms with van der Waals surface area (Å²) < 4.78 is 7.84. The van der Waals surface area contributed by atoms with E-state index in [0.717, 1.165) is 30.0 Å². The molecule has 0 atom stereocenters. The lowest BCUT2D eigenvalue weighted by Gasteiger charge is -2.31. The van der Waals surface area contributed by atoms with Gasteiger partial charge < -0.3 is 9.64 Å². The van der Waals surface area contributed by atoms with Gasteiger partial charge in [0.1, 0.15) is 11.9 Å². The first-order valence-corrected chi connectivity index (χ1v) is 8.16. The number of ether oxygens (including phenoxy) is 1. The van der Waals surface area contributed by atoms with E-state index in [1.807, 2.05) is 31.2 Å². The van der Waals surface area contributed by atoms with Gasteiger partial charge in [-0.2, -0.15) is 0 Å². The van der Waals surface area contributed by atoms with Crippen LogP contribution in [0.1, 0.15) is 19.8 Å². The molecule has 7 nitrogen and oxygen atoms in total. The van der Waals surface area contributed by atoms with Gasteiger partial charge in [-0.1, -0.05) is 18.7 Å². The molecule has 1 fully saturated rings. The first-order valence-electron chi connectivity index (χ1n) is 8.16. The van der Waals surface area contributed by atoms with Crippen LogP contribution >= 0.6 is 0 Å². The number of piperidine rings is 1. The molecule has 1 saturated heterocycles. The summed E-state index contributed by atoms with van der Waals surface area (Å²) in [5.74, 6) is 1.52. The van der Waals surface area contributed by atoms with Gasteiger partial charge in [-0.25, -0.2) is 4.68 Å². The minimum atomic E-state index is -0.0122. The molecule has 7 heteroatoms. The molecule has 24 heavy (non-hydrogen) atoms. The lowest BCUT2D eigenvalue weighted by atomic mass is 10.1. The third-order valence-corrected chi connectivity index (χ3v) is 4.15. The van der Waals surface area contributed by atoms with Crippen molar-refractivity contribution < 1.29 is 9.53 Å². The van der Waals surface area contributed by atoms with E-state index in [1.54, 1.807) is 9.58 Å². The van der Waals surface area contributed by atoms with Crippen LogP contribution in [0.25, 0.3) is 11.4 Å². The number of benzene rings is 1. The summed E-state index contributed by atoms with van der Waals surface area (Å²) in [4.78, 5) is 13.4. The van der Waals surface area contributed by atoms with E-state index in [1.165, 1.54) is 6.08 Å². The Labute approximate surface area is 140 Å². The molecule has 0 spiro atoms. The molecule has 1 amide bonds. The van der Waals surface area contributed by atoms with E-state index < -0.39 is 0 Å². The van der Waals surface area contributed by atoms with Crippen molar-refractivity contribution in [3.05, 3.63) is 36.9 Å². The first kappa shape index (κ1) is 16.2. The Kier molecular flexibility index (Phi) is 4.88. The normalized spacial score (nSPS) is 15.3. The molecular formula is C17H21N5O2. The highest BCUT2D eigenvalue weighted by atomic mass is 16.5. The molecule has 0 bridgehead atoms. The molecule has 126 valence electrons. The summed E-state index contributed by atoms with van der Waals surface area (Å²) in [6.07, 6.45) is 3.10. The van der Waals surface area contributed by atoms with Crippen LogP contribution in [0.15, 0.2) is 36.9 Å².